The van der Waals surface area contributed by atoms with Crippen molar-refractivity contribution in [3.05, 3.63) is 29.8 Å². The van der Waals surface area contributed by atoms with Gasteiger partial charge >= 0.3 is 0 Å². The third-order valence-electron chi connectivity index (χ3n) is 4.40. The Balaban J connectivity index is 1.83. The van der Waals surface area contributed by atoms with Crippen molar-refractivity contribution in [2.75, 3.05) is 39.8 Å². The highest BCUT2D eigenvalue weighted by Gasteiger charge is 2.21. The van der Waals surface area contributed by atoms with Gasteiger partial charge in [-0.2, -0.15) is 0 Å². The fourth-order valence-corrected chi connectivity index (χ4v) is 2.69. The molecule has 0 spiro atoms. The molecule has 1 atom stereocenters. The van der Waals surface area contributed by atoms with Gasteiger partial charge in [0, 0.05) is 37.8 Å². The average molecular weight is 290 g/mol. The molecule has 21 heavy (non-hydrogen) atoms. The molecule has 0 saturated carbocycles. The normalized spacial score (nSPS) is 18.4. The van der Waals surface area contributed by atoms with E-state index in [1.54, 1.807) is 7.11 Å². The Hall–Kier alpha value is -1.39. The van der Waals surface area contributed by atoms with Crippen LogP contribution >= 0.6 is 0 Å². The monoisotopic (exact) mass is 290 g/mol. The molecule has 1 aromatic rings. The number of ether oxygens (including phenoxy) is 1. The lowest BCUT2D eigenvalue weighted by atomic mass is 10.1. The maximum atomic E-state index is 12.3. The molecule has 4 nitrogen and oxygen atoms in total. The van der Waals surface area contributed by atoms with Crippen molar-refractivity contribution in [1.29, 1.82) is 0 Å². The van der Waals surface area contributed by atoms with E-state index in [-0.39, 0.29) is 5.78 Å². The number of rotatable bonds is 6. The lowest BCUT2D eigenvalue weighted by molar-refractivity contribution is 0.0784. The first kappa shape index (κ1) is 16.0. The number of carbonyl (C=O) groups excluding carboxylic acids is 1. The molecule has 116 valence electrons. The molecule has 1 heterocycles. The van der Waals surface area contributed by atoms with Crippen molar-refractivity contribution < 1.29 is 9.53 Å². The predicted molar refractivity (Wildman–Crippen MR) is 85.1 cm³/mol. The van der Waals surface area contributed by atoms with Crippen molar-refractivity contribution in [2.24, 2.45) is 0 Å². The van der Waals surface area contributed by atoms with Crippen LogP contribution in [0.25, 0.3) is 0 Å². The summed E-state index contributed by atoms with van der Waals surface area (Å²) < 4.78 is 5.12. The van der Waals surface area contributed by atoms with E-state index in [1.807, 2.05) is 24.3 Å². The Bertz CT molecular complexity index is 450. The molecule has 1 saturated heterocycles. The van der Waals surface area contributed by atoms with Crippen molar-refractivity contribution in [2.45, 2.75) is 26.3 Å². The molecule has 4 heteroatoms. The number of ketones is 1. The van der Waals surface area contributed by atoms with Crippen molar-refractivity contribution in [3.63, 3.8) is 0 Å². The minimum Gasteiger partial charge on any atom is -0.497 e. The summed E-state index contributed by atoms with van der Waals surface area (Å²) in [5, 5.41) is 0. The number of benzene rings is 1. The number of methoxy groups -OCH3 is 1. The quantitative estimate of drug-likeness (QED) is 0.753. The van der Waals surface area contributed by atoms with Crippen LogP contribution in [0.4, 0.5) is 0 Å². The van der Waals surface area contributed by atoms with E-state index < -0.39 is 0 Å². The molecule has 0 aromatic heterocycles. The second-order valence-electron chi connectivity index (χ2n) is 5.72. The number of piperazine rings is 1. The minimum atomic E-state index is 0.189. The minimum absolute atomic E-state index is 0.189. The van der Waals surface area contributed by atoms with Crippen LogP contribution in [0.15, 0.2) is 24.3 Å². The average Bonchev–Trinajstić information content (AvgIpc) is 2.55. The first-order valence-electron chi connectivity index (χ1n) is 7.77. The molecular formula is C17H26N2O2. The molecule has 2 rings (SSSR count). The molecule has 1 aromatic carbocycles. The summed E-state index contributed by atoms with van der Waals surface area (Å²) in [6.07, 6.45) is 1.19. The van der Waals surface area contributed by atoms with E-state index in [9.17, 15) is 4.79 Å². The maximum Gasteiger partial charge on any atom is 0.176 e. The van der Waals surface area contributed by atoms with Crippen LogP contribution < -0.4 is 4.74 Å². The van der Waals surface area contributed by atoms with Gasteiger partial charge in [-0.1, -0.05) is 6.92 Å². The summed E-state index contributed by atoms with van der Waals surface area (Å²) in [5.41, 5.74) is 0.764. The lowest BCUT2D eigenvalue weighted by Gasteiger charge is -2.37. The van der Waals surface area contributed by atoms with E-state index in [4.69, 9.17) is 4.74 Å². The Kier molecular flexibility index (Phi) is 5.76. The molecule has 0 N–H and O–H groups in total. The van der Waals surface area contributed by atoms with Crippen LogP contribution in [-0.4, -0.2) is 61.5 Å². The van der Waals surface area contributed by atoms with Crippen LogP contribution in [0.2, 0.25) is 0 Å². The molecule has 0 amide bonds. The molecule has 0 radical (unpaired) electrons. The van der Waals surface area contributed by atoms with Crippen LogP contribution in [0.3, 0.4) is 0 Å². The molecule has 1 aliphatic rings. The second kappa shape index (κ2) is 7.57. The summed E-state index contributed by atoms with van der Waals surface area (Å²) in [6, 6.07) is 8.01. The molecule has 0 bridgehead atoms. The van der Waals surface area contributed by atoms with E-state index in [1.165, 1.54) is 6.42 Å². The van der Waals surface area contributed by atoms with Crippen molar-refractivity contribution in [3.8, 4) is 5.75 Å². The zero-order valence-corrected chi connectivity index (χ0v) is 13.3. The van der Waals surface area contributed by atoms with Gasteiger partial charge in [-0.15, -0.1) is 0 Å². The Labute approximate surface area is 127 Å². The molecule has 1 fully saturated rings. The van der Waals surface area contributed by atoms with Gasteiger partial charge in [0.25, 0.3) is 0 Å². The lowest BCUT2D eigenvalue weighted by Crippen LogP contribution is -2.50. The van der Waals surface area contributed by atoms with Gasteiger partial charge in [-0.25, -0.2) is 0 Å². The van der Waals surface area contributed by atoms with Gasteiger partial charge in [0.1, 0.15) is 5.75 Å². The van der Waals surface area contributed by atoms with E-state index in [2.05, 4.69) is 23.6 Å². The number of carbonyl (C=O) groups is 1. The summed E-state index contributed by atoms with van der Waals surface area (Å²) >= 11 is 0. The third kappa shape index (κ3) is 4.29. The van der Waals surface area contributed by atoms with Crippen LogP contribution in [0, 0.1) is 0 Å². The zero-order valence-electron chi connectivity index (χ0n) is 13.3. The summed E-state index contributed by atoms with van der Waals surface area (Å²) in [7, 11) is 1.63. The fourth-order valence-electron chi connectivity index (χ4n) is 2.69. The topological polar surface area (TPSA) is 32.8 Å². The third-order valence-corrected chi connectivity index (χ3v) is 4.40. The van der Waals surface area contributed by atoms with Gasteiger partial charge in [-0.3, -0.25) is 14.6 Å². The van der Waals surface area contributed by atoms with E-state index in [0.717, 1.165) is 37.5 Å². The largest absolute Gasteiger partial charge is 0.497 e. The number of nitrogens with zero attached hydrogens (tertiary/aromatic N) is 2. The van der Waals surface area contributed by atoms with E-state index in [0.29, 0.717) is 12.6 Å². The molecular weight excluding hydrogens is 264 g/mol. The Morgan fingerprint density at radius 3 is 2.33 bits per heavy atom. The summed E-state index contributed by atoms with van der Waals surface area (Å²) in [4.78, 5) is 17.1. The highest BCUT2D eigenvalue weighted by atomic mass is 16.5. The van der Waals surface area contributed by atoms with Crippen molar-refractivity contribution in [1.82, 2.24) is 9.80 Å². The fraction of sp³-hybridized carbons (Fsp3) is 0.588. The Morgan fingerprint density at radius 1 is 1.19 bits per heavy atom. The van der Waals surface area contributed by atoms with Gasteiger partial charge in [0.05, 0.1) is 13.7 Å². The molecule has 0 aliphatic carbocycles. The standard InChI is InChI=1S/C17H26N2O2/c1-4-14(2)19-11-9-18(10-12-19)13-17(20)15-5-7-16(21-3)8-6-15/h5-8,14H,4,9-13H2,1-3H3. The Morgan fingerprint density at radius 2 is 1.81 bits per heavy atom. The van der Waals surface area contributed by atoms with Gasteiger partial charge < -0.3 is 4.74 Å². The summed E-state index contributed by atoms with van der Waals surface area (Å²) in [6.45, 7) is 9.09. The van der Waals surface area contributed by atoms with Crippen LogP contribution in [-0.2, 0) is 0 Å². The SMILES string of the molecule is CCC(C)N1CCN(CC(=O)c2ccc(OC)cc2)CC1. The highest BCUT2D eigenvalue weighted by Crippen LogP contribution is 2.13. The van der Waals surface area contributed by atoms with E-state index >= 15 is 0 Å². The number of hydrogen-bond acceptors (Lipinski definition) is 4. The van der Waals surface area contributed by atoms with Gasteiger partial charge in [0.15, 0.2) is 5.78 Å². The van der Waals surface area contributed by atoms with Crippen molar-refractivity contribution >= 4 is 5.78 Å². The van der Waals surface area contributed by atoms with Crippen LogP contribution in [0.5, 0.6) is 5.75 Å². The smallest absolute Gasteiger partial charge is 0.176 e. The number of hydrogen-bond donors (Lipinski definition) is 0. The first-order chi connectivity index (χ1) is 10.1. The summed E-state index contributed by atoms with van der Waals surface area (Å²) in [5.74, 6) is 0.975. The molecule has 1 aliphatic heterocycles. The number of Topliss-reactive ketones (excluding diaryl/α,β-unsaturated/α-hetero) is 1. The predicted octanol–water partition coefficient (Wildman–Crippen LogP) is 2.29. The molecule has 1 unspecified atom stereocenters. The van der Waals surface area contributed by atoms with Gasteiger partial charge in [-0.05, 0) is 37.6 Å². The highest BCUT2D eigenvalue weighted by molar-refractivity contribution is 5.97. The first-order valence-corrected chi connectivity index (χ1v) is 7.77. The maximum absolute atomic E-state index is 12.3. The van der Waals surface area contributed by atoms with Gasteiger partial charge in [0.2, 0.25) is 0 Å². The second-order valence-corrected chi connectivity index (χ2v) is 5.72. The zero-order chi connectivity index (χ0) is 15.2. The van der Waals surface area contributed by atoms with Crippen LogP contribution in [0.1, 0.15) is 30.6 Å².